The molecule has 0 radical (unpaired) electrons. The highest BCUT2D eigenvalue weighted by Gasteiger charge is 2.27. The van der Waals surface area contributed by atoms with Crippen LogP contribution in [-0.4, -0.2) is 21.4 Å². The molecule has 8 heteroatoms. The lowest BCUT2D eigenvalue weighted by Crippen LogP contribution is -2.31. The van der Waals surface area contributed by atoms with Crippen LogP contribution in [0.5, 0.6) is 0 Å². The summed E-state index contributed by atoms with van der Waals surface area (Å²) in [5, 5.41) is 3.60. The van der Waals surface area contributed by atoms with Crippen molar-refractivity contribution in [3.63, 3.8) is 0 Å². The van der Waals surface area contributed by atoms with Gasteiger partial charge in [0, 0.05) is 17.6 Å². The molecule has 1 aliphatic carbocycles. The Balaban J connectivity index is 1.61. The van der Waals surface area contributed by atoms with Crippen molar-refractivity contribution in [3.05, 3.63) is 93.5 Å². The number of fused-ring (bicyclic) bond motifs is 1. The summed E-state index contributed by atoms with van der Waals surface area (Å²) < 4.78 is 27.6. The third-order valence-corrected chi connectivity index (χ3v) is 8.22. The Hall–Kier alpha value is -2.54. The van der Waals surface area contributed by atoms with Gasteiger partial charge in [-0.25, -0.2) is 8.42 Å². The van der Waals surface area contributed by atoms with Crippen LogP contribution < -0.4 is 9.62 Å². The Labute approximate surface area is 198 Å². The predicted octanol–water partition coefficient (Wildman–Crippen LogP) is 5.63. The van der Waals surface area contributed by atoms with E-state index in [9.17, 15) is 13.2 Å². The number of benzene rings is 3. The molecule has 0 aliphatic heterocycles. The Bertz CT molecular complexity index is 1260. The van der Waals surface area contributed by atoms with E-state index in [0.717, 1.165) is 29.1 Å². The maximum atomic E-state index is 13.2. The molecule has 5 nitrogen and oxygen atoms in total. The summed E-state index contributed by atoms with van der Waals surface area (Å²) in [4.78, 5) is 12.9. The molecule has 0 spiro atoms. The molecule has 32 heavy (non-hydrogen) atoms. The second-order valence-electron chi connectivity index (χ2n) is 7.71. The van der Waals surface area contributed by atoms with Crippen LogP contribution in [0.25, 0.3) is 0 Å². The summed E-state index contributed by atoms with van der Waals surface area (Å²) in [5.41, 5.74) is 3.00. The number of sulfonamides is 1. The largest absolute Gasteiger partial charge is 0.345 e. The molecule has 1 amide bonds. The van der Waals surface area contributed by atoms with Crippen LogP contribution in [0.4, 0.5) is 5.69 Å². The number of rotatable bonds is 5. The highest BCUT2D eigenvalue weighted by Crippen LogP contribution is 2.31. The smallest absolute Gasteiger partial charge is 0.265 e. The number of halogens is 2. The highest BCUT2D eigenvalue weighted by molar-refractivity contribution is 7.93. The molecule has 0 saturated carbocycles. The van der Waals surface area contributed by atoms with E-state index in [4.69, 9.17) is 23.2 Å². The average Bonchev–Trinajstić information content (AvgIpc) is 2.79. The Kier molecular flexibility index (Phi) is 6.47. The first-order valence-corrected chi connectivity index (χ1v) is 12.4. The Morgan fingerprint density at radius 1 is 1.03 bits per heavy atom. The van der Waals surface area contributed by atoms with Crippen LogP contribution >= 0.6 is 23.2 Å². The number of hydrogen-bond donors (Lipinski definition) is 1. The van der Waals surface area contributed by atoms with Crippen LogP contribution in [0.2, 0.25) is 10.0 Å². The summed E-state index contributed by atoms with van der Waals surface area (Å²) in [6.07, 6.45) is 2.80. The third kappa shape index (κ3) is 4.49. The molecule has 0 heterocycles. The summed E-state index contributed by atoms with van der Waals surface area (Å²) in [7, 11) is -2.56. The van der Waals surface area contributed by atoms with Crippen molar-refractivity contribution in [1.29, 1.82) is 0 Å². The van der Waals surface area contributed by atoms with Crippen molar-refractivity contribution in [3.8, 4) is 0 Å². The van der Waals surface area contributed by atoms with Crippen molar-refractivity contribution >= 4 is 44.8 Å². The summed E-state index contributed by atoms with van der Waals surface area (Å²) in [6.45, 7) is 0. The van der Waals surface area contributed by atoms with Crippen molar-refractivity contribution in [2.24, 2.45) is 0 Å². The van der Waals surface area contributed by atoms with E-state index in [1.54, 1.807) is 24.3 Å². The van der Waals surface area contributed by atoms with Gasteiger partial charge in [-0.3, -0.25) is 9.10 Å². The molecule has 0 saturated heterocycles. The first-order valence-electron chi connectivity index (χ1n) is 10.2. The molecule has 1 aliphatic rings. The van der Waals surface area contributed by atoms with E-state index in [2.05, 4.69) is 11.4 Å². The zero-order valence-electron chi connectivity index (χ0n) is 17.4. The first kappa shape index (κ1) is 22.6. The fourth-order valence-corrected chi connectivity index (χ4v) is 5.75. The van der Waals surface area contributed by atoms with Crippen molar-refractivity contribution in [1.82, 2.24) is 5.32 Å². The van der Waals surface area contributed by atoms with Crippen molar-refractivity contribution in [2.45, 2.75) is 30.2 Å². The zero-order valence-corrected chi connectivity index (χ0v) is 19.7. The standard InChI is InChI=1S/C24H22Cl2N2O3S/c1-28(19-12-10-18(25)11-13-19)32(30,31)23-15-17(9-14-21(23)26)24(29)27-22-8-4-6-16-5-2-3-7-20(16)22/h2-3,5,7,9-15,22H,4,6,8H2,1H3,(H,27,29)/t22-/m0/s1. The number of aryl methyl sites for hydroxylation is 1. The van der Waals surface area contributed by atoms with E-state index < -0.39 is 10.0 Å². The fourth-order valence-electron chi connectivity index (χ4n) is 3.93. The quantitative estimate of drug-likeness (QED) is 0.506. The van der Waals surface area contributed by atoms with Crippen molar-refractivity contribution < 1.29 is 13.2 Å². The summed E-state index contributed by atoms with van der Waals surface area (Å²) in [6, 6.07) is 18.7. The second-order valence-corrected chi connectivity index (χ2v) is 10.5. The van der Waals surface area contributed by atoms with Gasteiger partial charge in [0.1, 0.15) is 4.90 Å². The van der Waals surface area contributed by atoms with Crippen LogP contribution in [0.15, 0.2) is 71.6 Å². The maximum absolute atomic E-state index is 13.2. The fraction of sp³-hybridized carbons (Fsp3) is 0.208. The normalized spacial score (nSPS) is 15.7. The molecule has 1 N–H and O–H groups in total. The van der Waals surface area contributed by atoms with E-state index >= 15 is 0 Å². The van der Waals surface area contributed by atoms with Gasteiger partial charge in [0.15, 0.2) is 0 Å². The molecule has 1 atom stereocenters. The van der Waals surface area contributed by atoms with E-state index in [0.29, 0.717) is 10.7 Å². The van der Waals surface area contributed by atoms with Gasteiger partial charge in [0.05, 0.1) is 16.8 Å². The molecule has 0 aromatic heterocycles. The number of nitrogens with one attached hydrogen (secondary N) is 1. The van der Waals surface area contributed by atoms with E-state index in [-0.39, 0.29) is 27.4 Å². The van der Waals surface area contributed by atoms with E-state index in [1.165, 1.54) is 30.8 Å². The number of hydrogen-bond acceptors (Lipinski definition) is 3. The number of carbonyl (C=O) groups excluding carboxylic acids is 1. The topological polar surface area (TPSA) is 66.5 Å². The molecule has 0 bridgehead atoms. The molecule has 3 aromatic carbocycles. The Morgan fingerprint density at radius 2 is 1.75 bits per heavy atom. The second kappa shape index (κ2) is 9.14. The minimum absolute atomic E-state index is 0.0466. The van der Waals surface area contributed by atoms with Gasteiger partial charge in [0.2, 0.25) is 0 Å². The van der Waals surface area contributed by atoms with Gasteiger partial charge in [-0.1, -0.05) is 47.5 Å². The van der Waals surface area contributed by atoms with Gasteiger partial charge in [0.25, 0.3) is 15.9 Å². The van der Waals surface area contributed by atoms with Gasteiger partial charge in [-0.15, -0.1) is 0 Å². The lowest BCUT2D eigenvalue weighted by molar-refractivity contribution is 0.0932. The predicted molar refractivity (Wildman–Crippen MR) is 128 cm³/mol. The SMILES string of the molecule is CN(c1ccc(Cl)cc1)S(=O)(=O)c1cc(C(=O)N[C@H]2CCCc3ccccc32)ccc1Cl. The number of anilines is 1. The molecule has 3 aromatic rings. The van der Waals surface area contributed by atoms with Gasteiger partial charge in [-0.05, 0) is 72.9 Å². The number of carbonyl (C=O) groups is 1. The monoisotopic (exact) mass is 488 g/mol. The molecule has 4 rings (SSSR count). The highest BCUT2D eigenvalue weighted by atomic mass is 35.5. The van der Waals surface area contributed by atoms with Crippen LogP contribution in [0, 0.1) is 0 Å². The molecular weight excluding hydrogens is 467 g/mol. The van der Waals surface area contributed by atoms with E-state index in [1.807, 2.05) is 18.2 Å². The van der Waals surface area contributed by atoms with Gasteiger partial charge >= 0.3 is 0 Å². The summed E-state index contributed by atoms with van der Waals surface area (Å²) in [5.74, 6) is -0.339. The molecule has 0 fully saturated rings. The zero-order chi connectivity index (χ0) is 22.9. The summed E-state index contributed by atoms with van der Waals surface area (Å²) >= 11 is 12.1. The third-order valence-electron chi connectivity index (χ3n) is 5.70. The lowest BCUT2D eigenvalue weighted by atomic mass is 9.87. The number of nitrogens with zero attached hydrogens (tertiary/aromatic N) is 1. The minimum atomic E-state index is -4.00. The lowest BCUT2D eigenvalue weighted by Gasteiger charge is -2.26. The van der Waals surface area contributed by atoms with Crippen LogP contribution in [-0.2, 0) is 16.4 Å². The average molecular weight is 489 g/mol. The molecule has 166 valence electrons. The molecule has 0 unspecified atom stereocenters. The maximum Gasteiger partial charge on any atom is 0.265 e. The number of amides is 1. The first-order chi connectivity index (χ1) is 15.3. The van der Waals surface area contributed by atoms with Crippen LogP contribution in [0.1, 0.15) is 40.4 Å². The molecular formula is C24H22Cl2N2O3S. The minimum Gasteiger partial charge on any atom is -0.345 e. The van der Waals surface area contributed by atoms with Gasteiger partial charge < -0.3 is 5.32 Å². The van der Waals surface area contributed by atoms with Gasteiger partial charge in [-0.2, -0.15) is 0 Å². The van der Waals surface area contributed by atoms with Crippen LogP contribution in [0.3, 0.4) is 0 Å². The van der Waals surface area contributed by atoms with Crippen molar-refractivity contribution in [2.75, 3.05) is 11.4 Å². The Morgan fingerprint density at radius 3 is 2.50 bits per heavy atom.